The van der Waals surface area contributed by atoms with Gasteiger partial charge in [-0.25, -0.2) is 9.98 Å². The molecule has 0 bridgehead atoms. The van der Waals surface area contributed by atoms with Crippen molar-refractivity contribution in [3.05, 3.63) is 52.0 Å². The number of alkyl halides is 3. The highest BCUT2D eigenvalue weighted by Crippen LogP contribution is 2.30. The number of carbonyl (C=O) groups is 1. The number of thiazole rings is 1. The second kappa shape index (κ2) is 10.6. The number of aromatic nitrogens is 1. The van der Waals surface area contributed by atoms with Crippen LogP contribution in [0.3, 0.4) is 0 Å². The van der Waals surface area contributed by atoms with Gasteiger partial charge >= 0.3 is 6.18 Å². The zero-order valence-corrected chi connectivity index (χ0v) is 16.2. The summed E-state index contributed by atoms with van der Waals surface area (Å²) in [4.78, 5) is 19.7. The molecule has 0 atom stereocenters. The fourth-order valence-electron chi connectivity index (χ4n) is 2.19. The van der Waals surface area contributed by atoms with Crippen molar-refractivity contribution < 1.29 is 18.0 Å². The number of aliphatic imine (C=N–C) groups is 1. The normalized spacial score (nSPS) is 11.9. The Morgan fingerprint density at radius 1 is 1.14 bits per heavy atom. The summed E-state index contributed by atoms with van der Waals surface area (Å²) in [6.45, 7) is 3.60. The highest BCUT2D eigenvalue weighted by molar-refractivity contribution is 7.09. The van der Waals surface area contributed by atoms with Gasteiger partial charge < -0.3 is 16.0 Å². The van der Waals surface area contributed by atoms with Crippen molar-refractivity contribution in [2.45, 2.75) is 26.1 Å². The predicted octanol–water partition coefficient (Wildman–Crippen LogP) is 3.04. The van der Waals surface area contributed by atoms with E-state index < -0.39 is 11.9 Å². The summed E-state index contributed by atoms with van der Waals surface area (Å²) in [5, 5.41) is 10.2. The van der Waals surface area contributed by atoms with Gasteiger partial charge in [-0.3, -0.25) is 4.79 Å². The van der Waals surface area contributed by atoms with Gasteiger partial charge in [-0.15, -0.1) is 11.3 Å². The lowest BCUT2D eigenvalue weighted by Gasteiger charge is -2.11. The molecular weight excluding hydrogens is 391 g/mol. The first-order chi connectivity index (χ1) is 13.4. The van der Waals surface area contributed by atoms with Gasteiger partial charge in [-0.2, -0.15) is 13.2 Å². The second-order valence-electron chi connectivity index (χ2n) is 5.72. The zero-order valence-electron chi connectivity index (χ0n) is 15.3. The molecule has 0 saturated carbocycles. The predicted molar refractivity (Wildman–Crippen MR) is 103 cm³/mol. The molecule has 1 aromatic carbocycles. The number of carbonyl (C=O) groups excluding carboxylic acids is 1. The highest BCUT2D eigenvalue weighted by Gasteiger charge is 2.33. The van der Waals surface area contributed by atoms with E-state index in [-0.39, 0.29) is 12.5 Å². The first kappa shape index (κ1) is 21.7. The van der Waals surface area contributed by atoms with Crippen molar-refractivity contribution in [2.24, 2.45) is 4.99 Å². The molecule has 0 aliphatic rings. The molecule has 0 fully saturated rings. The first-order valence-electron chi connectivity index (χ1n) is 8.77. The maximum Gasteiger partial charge on any atom is 0.434 e. The minimum absolute atomic E-state index is 0.0564. The Balaban J connectivity index is 1.75. The van der Waals surface area contributed by atoms with Gasteiger partial charge in [0.2, 0.25) is 0 Å². The van der Waals surface area contributed by atoms with Crippen molar-refractivity contribution in [3.63, 3.8) is 0 Å². The Hall–Kier alpha value is -2.62. The summed E-state index contributed by atoms with van der Waals surface area (Å²) in [6, 6.07) is 8.93. The summed E-state index contributed by atoms with van der Waals surface area (Å²) in [5.74, 6) is 0.353. The van der Waals surface area contributed by atoms with Crippen molar-refractivity contribution >= 4 is 23.2 Å². The van der Waals surface area contributed by atoms with E-state index in [9.17, 15) is 18.0 Å². The summed E-state index contributed by atoms with van der Waals surface area (Å²) in [5.41, 5.74) is -0.290. The first-order valence-corrected chi connectivity index (χ1v) is 9.65. The van der Waals surface area contributed by atoms with Gasteiger partial charge in [0.15, 0.2) is 11.7 Å². The van der Waals surface area contributed by atoms with E-state index in [1.165, 1.54) is 0 Å². The molecule has 10 heteroatoms. The van der Waals surface area contributed by atoms with Crippen molar-refractivity contribution in [1.82, 2.24) is 20.9 Å². The molecule has 0 aliphatic carbocycles. The molecule has 1 heterocycles. The van der Waals surface area contributed by atoms with E-state index in [1.54, 1.807) is 24.3 Å². The molecule has 0 aliphatic heterocycles. The summed E-state index contributed by atoms with van der Waals surface area (Å²) in [7, 11) is 0. The molecular formula is C18H22F3N5OS. The molecule has 28 heavy (non-hydrogen) atoms. The highest BCUT2D eigenvalue weighted by atomic mass is 32.1. The van der Waals surface area contributed by atoms with Crippen LogP contribution in [-0.4, -0.2) is 36.5 Å². The summed E-state index contributed by atoms with van der Waals surface area (Å²) in [6.07, 6.45) is -3.77. The minimum atomic E-state index is -4.44. The van der Waals surface area contributed by atoms with Gasteiger partial charge in [-0.1, -0.05) is 18.2 Å². The molecule has 3 N–H and O–H groups in total. The lowest BCUT2D eigenvalue weighted by molar-refractivity contribution is -0.140. The number of nitrogens with one attached hydrogen (secondary N) is 3. The standard InChI is InChI=1S/C18H22F3N5OS/c1-2-22-17(25-11-15-26-14(12-28-15)18(19,20)21)24-10-6-9-23-16(27)13-7-4-3-5-8-13/h3-5,7-8,12H,2,6,9-11H2,1H3,(H,23,27)(H2,22,24,25). The largest absolute Gasteiger partial charge is 0.434 e. The maximum atomic E-state index is 12.6. The molecule has 1 aromatic heterocycles. The van der Waals surface area contributed by atoms with Crippen molar-refractivity contribution in [3.8, 4) is 0 Å². The van der Waals surface area contributed by atoms with Gasteiger partial charge in [-0.05, 0) is 25.5 Å². The van der Waals surface area contributed by atoms with Crippen LogP contribution in [0.4, 0.5) is 13.2 Å². The van der Waals surface area contributed by atoms with Crippen LogP contribution in [0.2, 0.25) is 0 Å². The van der Waals surface area contributed by atoms with Crippen LogP contribution in [0, 0.1) is 0 Å². The second-order valence-corrected chi connectivity index (χ2v) is 6.66. The van der Waals surface area contributed by atoms with E-state index in [0.29, 0.717) is 42.6 Å². The van der Waals surface area contributed by atoms with E-state index in [4.69, 9.17) is 0 Å². The van der Waals surface area contributed by atoms with Crippen LogP contribution >= 0.6 is 11.3 Å². The minimum Gasteiger partial charge on any atom is -0.357 e. The molecule has 6 nitrogen and oxygen atoms in total. The van der Waals surface area contributed by atoms with E-state index in [1.807, 2.05) is 13.0 Å². The quantitative estimate of drug-likeness (QED) is 0.353. The third kappa shape index (κ3) is 7.18. The number of halogens is 3. The average Bonchev–Trinajstić information content (AvgIpc) is 3.16. The summed E-state index contributed by atoms with van der Waals surface area (Å²) < 4.78 is 37.7. The van der Waals surface area contributed by atoms with Crippen LogP contribution in [0.5, 0.6) is 0 Å². The lowest BCUT2D eigenvalue weighted by Crippen LogP contribution is -2.38. The molecule has 2 aromatic rings. The van der Waals surface area contributed by atoms with Crippen LogP contribution in [-0.2, 0) is 12.7 Å². The van der Waals surface area contributed by atoms with Gasteiger partial charge in [0.1, 0.15) is 5.01 Å². The zero-order chi connectivity index (χ0) is 20.4. The third-order valence-corrected chi connectivity index (χ3v) is 4.36. The number of hydrogen-bond donors (Lipinski definition) is 3. The fourth-order valence-corrected chi connectivity index (χ4v) is 2.91. The Bertz CT molecular complexity index is 777. The molecule has 0 saturated heterocycles. The smallest absolute Gasteiger partial charge is 0.357 e. The number of nitrogens with zero attached hydrogens (tertiary/aromatic N) is 2. The Morgan fingerprint density at radius 3 is 2.50 bits per heavy atom. The Labute approximate surface area is 165 Å². The molecule has 1 amide bonds. The number of rotatable bonds is 8. The van der Waals surface area contributed by atoms with Gasteiger partial charge in [0, 0.05) is 30.6 Å². The van der Waals surface area contributed by atoms with Crippen molar-refractivity contribution in [1.29, 1.82) is 0 Å². The molecule has 0 radical (unpaired) electrons. The SMILES string of the molecule is CCNC(=NCc1nc(C(F)(F)F)cs1)NCCCNC(=O)c1ccccc1. The molecule has 0 unspecified atom stereocenters. The van der Waals surface area contributed by atoms with Crippen molar-refractivity contribution in [2.75, 3.05) is 19.6 Å². The number of benzene rings is 1. The fraction of sp³-hybridized carbons (Fsp3) is 0.389. The number of hydrogen-bond acceptors (Lipinski definition) is 4. The number of amides is 1. The van der Waals surface area contributed by atoms with E-state index in [2.05, 4.69) is 25.9 Å². The van der Waals surface area contributed by atoms with E-state index >= 15 is 0 Å². The Morgan fingerprint density at radius 2 is 1.86 bits per heavy atom. The van der Waals surface area contributed by atoms with Crippen LogP contribution in [0.15, 0.2) is 40.7 Å². The monoisotopic (exact) mass is 413 g/mol. The Kier molecular flexibility index (Phi) is 8.24. The lowest BCUT2D eigenvalue weighted by atomic mass is 10.2. The van der Waals surface area contributed by atoms with E-state index in [0.717, 1.165) is 16.7 Å². The third-order valence-electron chi connectivity index (χ3n) is 3.53. The molecule has 2 rings (SSSR count). The van der Waals surface area contributed by atoms with Crippen LogP contribution in [0.1, 0.15) is 34.4 Å². The van der Waals surface area contributed by atoms with Crippen LogP contribution < -0.4 is 16.0 Å². The number of guanidine groups is 1. The van der Waals surface area contributed by atoms with Crippen LogP contribution in [0.25, 0.3) is 0 Å². The topological polar surface area (TPSA) is 78.4 Å². The van der Waals surface area contributed by atoms with Gasteiger partial charge in [0.05, 0.1) is 6.54 Å². The molecule has 0 spiro atoms. The average molecular weight is 413 g/mol. The maximum absolute atomic E-state index is 12.6. The van der Waals surface area contributed by atoms with Gasteiger partial charge in [0.25, 0.3) is 5.91 Å². The molecule has 152 valence electrons. The summed E-state index contributed by atoms with van der Waals surface area (Å²) >= 11 is 0.928.